The molecule has 0 atom stereocenters. The Labute approximate surface area is 109 Å². The van der Waals surface area contributed by atoms with Crippen molar-refractivity contribution >= 4 is 11.6 Å². The van der Waals surface area contributed by atoms with Crippen LogP contribution in [0.25, 0.3) is 0 Å². The lowest BCUT2D eigenvalue weighted by molar-refractivity contribution is -0.119. The molecule has 0 spiro atoms. The van der Waals surface area contributed by atoms with Crippen molar-refractivity contribution in [2.24, 2.45) is 0 Å². The van der Waals surface area contributed by atoms with Crippen LogP contribution < -0.4 is 5.32 Å². The van der Waals surface area contributed by atoms with Crippen molar-refractivity contribution in [3.63, 3.8) is 0 Å². The molecule has 0 aromatic rings. The largest absolute Gasteiger partial charge is 0.395 e. The molecule has 2 N–H and O–H groups in total. The number of rotatable bonds is 13. The van der Waals surface area contributed by atoms with Gasteiger partial charge in [-0.05, 0) is 31.9 Å². The predicted octanol–water partition coefficient (Wildman–Crippen LogP) is 1.62. The zero-order valence-electron chi connectivity index (χ0n) is 11.1. The van der Waals surface area contributed by atoms with Crippen LogP contribution in [0.15, 0.2) is 12.7 Å². The molecule has 0 aromatic heterocycles. The number of nitrogens with one attached hydrogen (secondary N) is 1. The van der Waals surface area contributed by atoms with Crippen LogP contribution in [0.2, 0.25) is 0 Å². The highest BCUT2D eigenvalue weighted by molar-refractivity contribution is 5.89. The maximum atomic E-state index is 11.5. The van der Waals surface area contributed by atoms with Crippen LogP contribution in [0.5, 0.6) is 0 Å². The molecule has 0 aliphatic heterocycles. The number of hydrogen-bond acceptors (Lipinski definition) is 4. The van der Waals surface area contributed by atoms with Gasteiger partial charge in [0.15, 0.2) is 5.78 Å². The Bertz CT molecular complexity index is 251. The van der Waals surface area contributed by atoms with Crippen molar-refractivity contribution in [1.82, 2.24) is 5.32 Å². The molecule has 4 heteroatoms. The van der Waals surface area contributed by atoms with Crippen LogP contribution in [-0.4, -0.2) is 36.4 Å². The molecule has 18 heavy (non-hydrogen) atoms. The lowest BCUT2D eigenvalue weighted by Crippen LogP contribution is -2.19. The summed E-state index contributed by atoms with van der Waals surface area (Å²) in [6, 6.07) is 0. The third kappa shape index (κ3) is 11.5. The van der Waals surface area contributed by atoms with E-state index in [1.54, 1.807) is 0 Å². The van der Waals surface area contributed by atoms with Gasteiger partial charge in [-0.25, -0.2) is 0 Å². The fourth-order valence-electron chi connectivity index (χ4n) is 1.64. The summed E-state index contributed by atoms with van der Waals surface area (Å²) in [5, 5.41) is 11.6. The van der Waals surface area contributed by atoms with E-state index in [9.17, 15) is 9.59 Å². The SMILES string of the molecule is C=CC(=O)CCCC(=O)CCCCCNCCO. The first kappa shape index (κ1) is 17.0. The Morgan fingerprint density at radius 1 is 1.00 bits per heavy atom. The quantitative estimate of drug-likeness (QED) is 0.388. The molecule has 0 heterocycles. The highest BCUT2D eigenvalue weighted by atomic mass is 16.3. The summed E-state index contributed by atoms with van der Waals surface area (Å²) in [6.07, 6.45) is 6.46. The summed E-state index contributed by atoms with van der Waals surface area (Å²) in [6.45, 7) is 5.09. The van der Waals surface area contributed by atoms with Gasteiger partial charge in [0.25, 0.3) is 0 Å². The van der Waals surface area contributed by atoms with E-state index in [4.69, 9.17) is 5.11 Å². The number of aliphatic hydroxyl groups is 1. The normalized spacial score (nSPS) is 10.3. The van der Waals surface area contributed by atoms with Crippen molar-refractivity contribution in [2.45, 2.75) is 44.9 Å². The van der Waals surface area contributed by atoms with Gasteiger partial charge >= 0.3 is 0 Å². The maximum Gasteiger partial charge on any atom is 0.155 e. The summed E-state index contributed by atoms with van der Waals surface area (Å²) < 4.78 is 0. The van der Waals surface area contributed by atoms with Crippen molar-refractivity contribution in [2.75, 3.05) is 19.7 Å². The van der Waals surface area contributed by atoms with E-state index in [0.717, 1.165) is 25.8 Å². The van der Waals surface area contributed by atoms with E-state index in [0.29, 0.717) is 32.2 Å². The molecule has 0 aliphatic rings. The molecule has 0 fully saturated rings. The highest BCUT2D eigenvalue weighted by Crippen LogP contribution is 2.05. The second kappa shape index (κ2) is 12.5. The topological polar surface area (TPSA) is 66.4 Å². The van der Waals surface area contributed by atoms with Crippen LogP contribution >= 0.6 is 0 Å². The van der Waals surface area contributed by atoms with Crippen LogP contribution in [-0.2, 0) is 9.59 Å². The van der Waals surface area contributed by atoms with Crippen LogP contribution in [0.1, 0.15) is 44.9 Å². The fourth-order valence-corrected chi connectivity index (χ4v) is 1.64. The molecular formula is C14H25NO3. The molecule has 0 unspecified atom stereocenters. The first-order valence-corrected chi connectivity index (χ1v) is 6.69. The highest BCUT2D eigenvalue weighted by Gasteiger charge is 2.03. The van der Waals surface area contributed by atoms with Crippen LogP contribution in [0.3, 0.4) is 0 Å². The number of ketones is 2. The zero-order chi connectivity index (χ0) is 13.6. The zero-order valence-corrected chi connectivity index (χ0v) is 11.1. The average molecular weight is 255 g/mol. The Hall–Kier alpha value is -1.00. The Morgan fingerprint density at radius 2 is 1.72 bits per heavy atom. The molecular weight excluding hydrogens is 230 g/mol. The van der Waals surface area contributed by atoms with Crippen molar-refractivity contribution in [3.8, 4) is 0 Å². The first-order valence-electron chi connectivity index (χ1n) is 6.69. The van der Waals surface area contributed by atoms with E-state index in [1.807, 2.05) is 0 Å². The minimum absolute atomic E-state index is 0.0118. The third-order valence-electron chi connectivity index (χ3n) is 2.70. The molecule has 0 aromatic carbocycles. The van der Waals surface area contributed by atoms with E-state index in [1.165, 1.54) is 6.08 Å². The van der Waals surface area contributed by atoms with Crippen molar-refractivity contribution in [1.29, 1.82) is 0 Å². The molecule has 0 amide bonds. The van der Waals surface area contributed by atoms with Gasteiger partial charge in [-0.15, -0.1) is 0 Å². The van der Waals surface area contributed by atoms with Gasteiger partial charge in [-0.1, -0.05) is 13.0 Å². The van der Waals surface area contributed by atoms with Gasteiger partial charge in [0.2, 0.25) is 0 Å². The smallest absolute Gasteiger partial charge is 0.155 e. The van der Waals surface area contributed by atoms with Gasteiger partial charge in [0, 0.05) is 25.8 Å². The van der Waals surface area contributed by atoms with Crippen molar-refractivity contribution in [3.05, 3.63) is 12.7 Å². The minimum atomic E-state index is 0.0118. The number of Topliss-reactive ketones (excluding diaryl/α,β-unsaturated/α-hetero) is 1. The predicted molar refractivity (Wildman–Crippen MR) is 72.5 cm³/mol. The molecule has 0 radical (unpaired) electrons. The third-order valence-corrected chi connectivity index (χ3v) is 2.70. The van der Waals surface area contributed by atoms with Gasteiger partial charge in [-0.2, -0.15) is 0 Å². The summed E-state index contributed by atoms with van der Waals surface area (Å²) in [7, 11) is 0. The summed E-state index contributed by atoms with van der Waals surface area (Å²) in [4.78, 5) is 22.4. The Kier molecular flexibility index (Phi) is 11.8. The number of hydrogen-bond donors (Lipinski definition) is 2. The monoisotopic (exact) mass is 255 g/mol. The number of carbonyl (C=O) groups excluding carboxylic acids is 2. The van der Waals surface area contributed by atoms with E-state index in [-0.39, 0.29) is 18.2 Å². The molecule has 0 rings (SSSR count). The summed E-state index contributed by atoms with van der Waals surface area (Å²) >= 11 is 0. The van der Waals surface area contributed by atoms with E-state index < -0.39 is 0 Å². The van der Waals surface area contributed by atoms with Gasteiger partial charge in [0.1, 0.15) is 5.78 Å². The van der Waals surface area contributed by atoms with E-state index in [2.05, 4.69) is 11.9 Å². The second-order valence-electron chi connectivity index (χ2n) is 4.35. The average Bonchev–Trinajstić information content (AvgIpc) is 2.37. The van der Waals surface area contributed by atoms with Gasteiger partial charge in [-0.3, -0.25) is 9.59 Å². The lowest BCUT2D eigenvalue weighted by atomic mass is 10.1. The fraction of sp³-hybridized carbons (Fsp3) is 0.714. The molecule has 104 valence electrons. The number of unbranched alkanes of at least 4 members (excludes halogenated alkanes) is 2. The summed E-state index contributed by atoms with van der Waals surface area (Å²) in [5.41, 5.74) is 0. The molecule has 0 bridgehead atoms. The standard InChI is InChI=1S/C14H25NO3/c1-2-13(17)8-6-9-14(18)7-4-3-5-10-15-11-12-16/h2,15-16H,1,3-12H2. The molecule has 0 saturated heterocycles. The Morgan fingerprint density at radius 3 is 2.39 bits per heavy atom. The minimum Gasteiger partial charge on any atom is -0.395 e. The van der Waals surface area contributed by atoms with Crippen LogP contribution in [0.4, 0.5) is 0 Å². The van der Waals surface area contributed by atoms with E-state index >= 15 is 0 Å². The number of aliphatic hydroxyl groups excluding tert-OH is 1. The Balaban J connectivity index is 3.26. The maximum absolute atomic E-state index is 11.5. The van der Waals surface area contributed by atoms with Crippen molar-refractivity contribution < 1.29 is 14.7 Å². The second-order valence-corrected chi connectivity index (χ2v) is 4.35. The number of allylic oxidation sites excluding steroid dienone is 1. The summed E-state index contributed by atoms with van der Waals surface area (Å²) in [5.74, 6) is 0.257. The molecule has 4 nitrogen and oxygen atoms in total. The molecule has 0 aliphatic carbocycles. The van der Waals surface area contributed by atoms with Gasteiger partial charge in [0.05, 0.1) is 6.61 Å². The number of carbonyl (C=O) groups is 2. The van der Waals surface area contributed by atoms with Gasteiger partial charge < -0.3 is 10.4 Å². The molecule has 0 saturated carbocycles. The lowest BCUT2D eigenvalue weighted by Gasteiger charge is -2.03. The first-order chi connectivity index (χ1) is 8.70. The van der Waals surface area contributed by atoms with Crippen LogP contribution in [0, 0.1) is 0 Å².